The van der Waals surface area contributed by atoms with Gasteiger partial charge in [0.05, 0.1) is 20.3 Å². The lowest BCUT2D eigenvalue weighted by molar-refractivity contribution is -0.133. The molecule has 1 aliphatic heterocycles. The van der Waals surface area contributed by atoms with Gasteiger partial charge in [0, 0.05) is 28.8 Å². The van der Waals surface area contributed by atoms with E-state index in [1.807, 2.05) is 32.9 Å². The van der Waals surface area contributed by atoms with E-state index in [0.717, 1.165) is 10.0 Å². The van der Waals surface area contributed by atoms with Crippen molar-refractivity contribution >= 4 is 44.9 Å². The Balaban J connectivity index is 2.61. The number of aliphatic imine (C=N–C) groups is 1. The Hall–Kier alpha value is -1.67. The number of halogens is 1. The first-order valence-electron chi connectivity index (χ1n) is 8.43. The van der Waals surface area contributed by atoms with Crippen LogP contribution in [0.15, 0.2) is 21.6 Å². The molecular weight excluding hydrogens is 418 g/mol. The number of rotatable bonds is 6. The number of hydrogen-bond donors (Lipinski definition) is 1. The van der Waals surface area contributed by atoms with Gasteiger partial charge in [-0.2, -0.15) is 0 Å². The van der Waals surface area contributed by atoms with Crippen LogP contribution < -0.4 is 14.8 Å². The summed E-state index contributed by atoms with van der Waals surface area (Å²) in [4.78, 5) is 19.3. The molecule has 26 heavy (non-hydrogen) atoms. The molecule has 1 heterocycles. The second kappa shape index (κ2) is 8.81. The van der Waals surface area contributed by atoms with Crippen LogP contribution in [0.5, 0.6) is 11.5 Å². The predicted molar refractivity (Wildman–Crippen MR) is 110 cm³/mol. The van der Waals surface area contributed by atoms with E-state index in [-0.39, 0.29) is 5.91 Å². The maximum atomic E-state index is 13.2. The van der Waals surface area contributed by atoms with Gasteiger partial charge < -0.3 is 19.7 Å². The van der Waals surface area contributed by atoms with E-state index in [4.69, 9.17) is 21.7 Å². The number of carbonyl (C=O) groups is 1. The van der Waals surface area contributed by atoms with Crippen LogP contribution in [0.25, 0.3) is 0 Å². The Morgan fingerprint density at radius 1 is 1.31 bits per heavy atom. The number of nitrogens with zero attached hydrogens (tertiary/aromatic N) is 2. The summed E-state index contributed by atoms with van der Waals surface area (Å²) in [5.74, 6) is 0.689. The quantitative estimate of drug-likeness (QED) is 0.685. The van der Waals surface area contributed by atoms with Gasteiger partial charge in [-0.3, -0.25) is 4.79 Å². The fourth-order valence-electron chi connectivity index (χ4n) is 3.22. The van der Waals surface area contributed by atoms with Crippen LogP contribution in [0.4, 0.5) is 0 Å². The van der Waals surface area contributed by atoms with Gasteiger partial charge in [-0.1, -0.05) is 15.9 Å². The minimum absolute atomic E-state index is 0.0113. The molecule has 0 aliphatic carbocycles. The van der Waals surface area contributed by atoms with Crippen molar-refractivity contribution in [1.82, 2.24) is 10.2 Å². The SMILES string of the molecule is CCN(CC)C(=O)C1C(C)=NC(=S)NC1c1cc(Br)cc(OC)c1OC. The number of carbonyl (C=O) groups excluding carboxylic acids is 1. The van der Waals surface area contributed by atoms with E-state index in [1.165, 1.54) is 0 Å². The third-order valence-corrected chi connectivity index (χ3v) is 5.16. The molecule has 2 unspecified atom stereocenters. The van der Waals surface area contributed by atoms with E-state index in [0.29, 0.717) is 35.4 Å². The van der Waals surface area contributed by atoms with E-state index in [2.05, 4.69) is 26.2 Å². The molecule has 1 aliphatic rings. The van der Waals surface area contributed by atoms with Gasteiger partial charge >= 0.3 is 0 Å². The average molecular weight is 442 g/mol. The van der Waals surface area contributed by atoms with Crippen molar-refractivity contribution in [3.8, 4) is 11.5 Å². The van der Waals surface area contributed by atoms with E-state index in [1.54, 1.807) is 19.1 Å². The third kappa shape index (κ3) is 4.01. The fraction of sp³-hybridized carbons (Fsp3) is 0.500. The van der Waals surface area contributed by atoms with Crippen LogP contribution in [0.1, 0.15) is 32.4 Å². The van der Waals surface area contributed by atoms with E-state index < -0.39 is 12.0 Å². The highest BCUT2D eigenvalue weighted by molar-refractivity contribution is 9.10. The highest BCUT2D eigenvalue weighted by atomic mass is 79.9. The first-order valence-corrected chi connectivity index (χ1v) is 9.63. The van der Waals surface area contributed by atoms with Crippen LogP contribution in [0, 0.1) is 5.92 Å². The summed E-state index contributed by atoms with van der Waals surface area (Å²) < 4.78 is 11.9. The Morgan fingerprint density at radius 2 is 1.96 bits per heavy atom. The molecule has 2 rings (SSSR count). The predicted octanol–water partition coefficient (Wildman–Crippen LogP) is 3.34. The topological polar surface area (TPSA) is 63.2 Å². The van der Waals surface area contributed by atoms with Crippen LogP contribution in [-0.2, 0) is 4.79 Å². The van der Waals surface area contributed by atoms with E-state index >= 15 is 0 Å². The summed E-state index contributed by atoms with van der Waals surface area (Å²) in [6, 6.07) is 3.35. The van der Waals surface area contributed by atoms with Crippen molar-refractivity contribution in [2.45, 2.75) is 26.8 Å². The Morgan fingerprint density at radius 3 is 2.50 bits per heavy atom. The molecule has 1 amide bonds. The van der Waals surface area contributed by atoms with Gasteiger partial charge in [-0.15, -0.1) is 0 Å². The molecule has 1 aromatic carbocycles. The number of hydrogen-bond acceptors (Lipinski definition) is 4. The van der Waals surface area contributed by atoms with Crippen LogP contribution >= 0.6 is 28.1 Å². The second-order valence-corrected chi connectivity index (χ2v) is 7.20. The number of benzene rings is 1. The van der Waals surface area contributed by atoms with Gasteiger partial charge in [0.2, 0.25) is 5.91 Å². The summed E-state index contributed by atoms with van der Waals surface area (Å²) in [6.45, 7) is 7.04. The molecular formula is C18H24BrN3O3S. The lowest BCUT2D eigenvalue weighted by atomic mass is 9.86. The van der Waals surface area contributed by atoms with Crippen LogP contribution in [-0.4, -0.2) is 48.9 Å². The largest absolute Gasteiger partial charge is 0.493 e. The Bertz CT molecular complexity index is 735. The maximum Gasteiger partial charge on any atom is 0.233 e. The lowest BCUT2D eigenvalue weighted by Crippen LogP contribution is -2.49. The zero-order valence-electron chi connectivity index (χ0n) is 15.6. The minimum Gasteiger partial charge on any atom is -0.493 e. The van der Waals surface area contributed by atoms with Crippen molar-refractivity contribution < 1.29 is 14.3 Å². The summed E-state index contributed by atoms with van der Waals surface area (Å²) in [5, 5.41) is 3.55. The number of amides is 1. The van der Waals surface area contributed by atoms with Gasteiger partial charge in [0.15, 0.2) is 16.6 Å². The zero-order valence-corrected chi connectivity index (χ0v) is 18.0. The first-order chi connectivity index (χ1) is 12.4. The average Bonchev–Trinajstić information content (AvgIpc) is 2.61. The standard InChI is InChI=1S/C18H24BrN3O3S/c1-6-22(7-2)17(23)14-10(3)20-18(26)21-15(14)12-8-11(19)9-13(24-4)16(12)25-5/h8-9,14-15H,6-7H2,1-5H3,(H,21,26). The molecule has 0 fully saturated rings. The highest BCUT2D eigenvalue weighted by Crippen LogP contribution is 2.41. The van der Waals surface area contributed by atoms with Crippen LogP contribution in [0.2, 0.25) is 0 Å². The molecule has 2 atom stereocenters. The molecule has 1 N–H and O–H groups in total. The summed E-state index contributed by atoms with van der Waals surface area (Å²) in [6.07, 6.45) is 0. The molecule has 0 aromatic heterocycles. The second-order valence-electron chi connectivity index (χ2n) is 5.90. The van der Waals surface area contributed by atoms with Crippen LogP contribution in [0.3, 0.4) is 0 Å². The molecule has 8 heteroatoms. The Kier molecular flexibility index (Phi) is 7.00. The summed E-state index contributed by atoms with van der Waals surface area (Å²) in [5.41, 5.74) is 1.48. The van der Waals surface area contributed by atoms with Gasteiger partial charge in [-0.05, 0) is 45.1 Å². The monoisotopic (exact) mass is 441 g/mol. The zero-order chi connectivity index (χ0) is 19.4. The van der Waals surface area contributed by atoms with Crippen molar-refractivity contribution in [2.75, 3.05) is 27.3 Å². The number of nitrogens with one attached hydrogen (secondary N) is 1. The molecule has 0 spiro atoms. The molecule has 0 bridgehead atoms. The third-order valence-electron chi connectivity index (χ3n) is 4.49. The summed E-state index contributed by atoms with van der Waals surface area (Å²) in [7, 11) is 3.16. The van der Waals surface area contributed by atoms with Gasteiger partial charge in [0.1, 0.15) is 5.92 Å². The molecule has 142 valence electrons. The fourth-order valence-corrected chi connectivity index (χ4v) is 3.95. The van der Waals surface area contributed by atoms with Crippen molar-refractivity contribution in [2.24, 2.45) is 10.9 Å². The molecule has 0 saturated carbocycles. The molecule has 6 nitrogen and oxygen atoms in total. The Labute approximate surface area is 168 Å². The molecule has 0 radical (unpaired) electrons. The van der Waals surface area contributed by atoms with Gasteiger partial charge in [0.25, 0.3) is 0 Å². The lowest BCUT2D eigenvalue weighted by Gasteiger charge is -2.35. The minimum atomic E-state index is -0.477. The van der Waals surface area contributed by atoms with Crippen molar-refractivity contribution in [3.63, 3.8) is 0 Å². The van der Waals surface area contributed by atoms with Crippen molar-refractivity contribution in [1.29, 1.82) is 0 Å². The smallest absolute Gasteiger partial charge is 0.233 e. The van der Waals surface area contributed by atoms with E-state index in [9.17, 15) is 4.79 Å². The molecule has 0 saturated heterocycles. The number of methoxy groups -OCH3 is 2. The highest BCUT2D eigenvalue weighted by Gasteiger charge is 2.39. The number of thiocarbonyl (C=S) groups is 1. The first kappa shape index (κ1) is 20.6. The molecule has 1 aromatic rings. The summed E-state index contributed by atoms with van der Waals surface area (Å²) >= 11 is 8.79. The normalized spacial score (nSPS) is 19.5. The number of ether oxygens (including phenoxy) is 2. The van der Waals surface area contributed by atoms with Crippen molar-refractivity contribution in [3.05, 3.63) is 22.2 Å². The van der Waals surface area contributed by atoms with Gasteiger partial charge in [-0.25, -0.2) is 4.99 Å². The maximum absolute atomic E-state index is 13.2.